The van der Waals surface area contributed by atoms with Crippen LogP contribution >= 0.6 is 0 Å². The molecule has 0 spiro atoms. The van der Waals surface area contributed by atoms with Gasteiger partial charge in [0.05, 0.1) is 5.92 Å². The van der Waals surface area contributed by atoms with E-state index in [4.69, 9.17) is 5.11 Å². The van der Waals surface area contributed by atoms with Gasteiger partial charge in [-0.1, -0.05) is 6.92 Å². The number of nitrogens with one attached hydrogen (secondary N) is 2. The average molecular weight is 251 g/mol. The predicted octanol–water partition coefficient (Wildman–Crippen LogP) is 0.964. The molecular weight excluding hydrogens is 234 g/mol. The summed E-state index contributed by atoms with van der Waals surface area (Å²) < 4.78 is 0. The highest BCUT2D eigenvalue weighted by Crippen LogP contribution is 2.09. The molecule has 0 saturated carbocycles. The zero-order valence-electron chi connectivity index (χ0n) is 10.4. The number of anilines is 1. The summed E-state index contributed by atoms with van der Waals surface area (Å²) in [6, 6.07) is 3.36. The summed E-state index contributed by atoms with van der Waals surface area (Å²) in [5.41, 5.74) is 1.08. The largest absolute Gasteiger partial charge is 0.481 e. The highest BCUT2D eigenvalue weighted by atomic mass is 16.4. The summed E-state index contributed by atoms with van der Waals surface area (Å²) >= 11 is 0. The quantitative estimate of drug-likeness (QED) is 0.700. The van der Waals surface area contributed by atoms with Gasteiger partial charge in [0.15, 0.2) is 0 Å². The number of carboxylic acid groups (broad SMARTS) is 1. The van der Waals surface area contributed by atoms with E-state index in [2.05, 4.69) is 15.6 Å². The number of carboxylic acids is 1. The maximum absolute atomic E-state index is 11.4. The minimum absolute atomic E-state index is 0.252. The lowest BCUT2D eigenvalue weighted by Crippen LogP contribution is -2.19. The number of carbonyl (C=O) groups excluding carboxylic acids is 1. The van der Waals surface area contributed by atoms with Crippen molar-refractivity contribution < 1.29 is 14.7 Å². The lowest BCUT2D eigenvalue weighted by atomic mass is 10.1. The second kappa shape index (κ2) is 6.58. The van der Waals surface area contributed by atoms with Gasteiger partial charge in [0.2, 0.25) is 0 Å². The molecule has 18 heavy (non-hydrogen) atoms. The van der Waals surface area contributed by atoms with Crippen molar-refractivity contribution in [2.45, 2.75) is 13.3 Å². The fourth-order valence-corrected chi connectivity index (χ4v) is 1.35. The second-order valence-corrected chi connectivity index (χ2v) is 3.96. The normalized spacial score (nSPS) is 11.7. The molecule has 1 aromatic heterocycles. The van der Waals surface area contributed by atoms with Crippen molar-refractivity contribution in [3.05, 3.63) is 24.0 Å². The number of amides is 1. The molecule has 0 bridgehead atoms. The average Bonchev–Trinajstić information content (AvgIpc) is 2.37. The molecule has 98 valence electrons. The van der Waals surface area contributed by atoms with Crippen LogP contribution in [0, 0.1) is 5.92 Å². The molecule has 0 aliphatic carbocycles. The van der Waals surface area contributed by atoms with Gasteiger partial charge in [-0.05, 0) is 18.6 Å². The zero-order chi connectivity index (χ0) is 13.5. The van der Waals surface area contributed by atoms with Gasteiger partial charge in [0, 0.05) is 25.5 Å². The molecule has 0 aliphatic heterocycles. The fourth-order valence-electron chi connectivity index (χ4n) is 1.35. The number of carbonyl (C=O) groups is 2. The lowest BCUT2D eigenvalue weighted by Gasteiger charge is -2.09. The Morgan fingerprint density at radius 3 is 2.83 bits per heavy atom. The van der Waals surface area contributed by atoms with Gasteiger partial charge in [-0.25, -0.2) is 0 Å². The first-order valence-corrected chi connectivity index (χ1v) is 5.69. The Kier molecular flexibility index (Phi) is 5.10. The van der Waals surface area contributed by atoms with E-state index in [9.17, 15) is 9.59 Å². The van der Waals surface area contributed by atoms with Crippen LogP contribution in [-0.2, 0) is 4.79 Å². The van der Waals surface area contributed by atoms with E-state index in [0.717, 1.165) is 5.69 Å². The van der Waals surface area contributed by atoms with E-state index in [1.54, 1.807) is 26.1 Å². The minimum atomic E-state index is -0.808. The highest BCUT2D eigenvalue weighted by molar-refractivity contribution is 5.92. The smallest absolute Gasteiger partial charge is 0.306 e. The van der Waals surface area contributed by atoms with Crippen molar-refractivity contribution in [1.29, 1.82) is 0 Å². The van der Waals surface area contributed by atoms with Gasteiger partial charge in [-0.3, -0.25) is 14.6 Å². The molecule has 0 aliphatic rings. The third-order valence-corrected chi connectivity index (χ3v) is 2.55. The summed E-state index contributed by atoms with van der Waals surface area (Å²) in [7, 11) is 1.54. The molecule has 6 nitrogen and oxygen atoms in total. The SMILES string of the molecule is CNC(=O)c1cc(NCCC(C)C(=O)O)ccn1. The van der Waals surface area contributed by atoms with Gasteiger partial charge in [-0.15, -0.1) is 0 Å². The molecule has 0 radical (unpaired) electrons. The van der Waals surface area contributed by atoms with Crippen LogP contribution in [0.3, 0.4) is 0 Å². The Morgan fingerprint density at radius 1 is 1.50 bits per heavy atom. The Hall–Kier alpha value is -2.11. The maximum Gasteiger partial charge on any atom is 0.306 e. The number of nitrogens with zero attached hydrogens (tertiary/aromatic N) is 1. The van der Waals surface area contributed by atoms with E-state index in [-0.39, 0.29) is 5.91 Å². The van der Waals surface area contributed by atoms with Crippen molar-refractivity contribution in [3.63, 3.8) is 0 Å². The lowest BCUT2D eigenvalue weighted by molar-refractivity contribution is -0.141. The molecular formula is C12H17N3O3. The standard InChI is InChI=1S/C12H17N3O3/c1-8(12(17)18)3-5-14-9-4-6-15-10(7-9)11(16)13-2/h4,6-8H,3,5H2,1-2H3,(H,13,16)(H,14,15)(H,17,18). The second-order valence-electron chi connectivity index (χ2n) is 3.96. The van der Waals surface area contributed by atoms with Crippen molar-refractivity contribution in [2.24, 2.45) is 5.92 Å². The van der Waals surface area contributed by atoms with Crippen LogP contribution in [0.2, 0.25) is 0 Å². The van der Waals surface area contributed by atoms with Crippen LogP contribution in [0.15, 0.2) is 18.3 Å². The summed E-state index contributed by atoms with van der Waals surface area (Å²) in [5, 5.41) is 14.3. The molecule has 1 rings (SSSR count). The molecule has 1 unspecified atom stereocenters. The van der Waals surface area contributed by atoms with Crippen LogP contribution < -0.4 is 10.6 Å². The molecule has 1 heterocycles. The fraction of sp³-hybridized carbons (Fsp3) is 0.417. The van der Waals surface area contributed by atoms with Crippen LogP contribution in [0.5, 0.6) is 0 Å². The first kappa shape index (κ1) is 14.0. The summed E-state index contributed by atoms with van der Waals surface area (Å²) in [5.74, 6) is -1.45. The number of rotatable bonds is 6. The third-order valence-electron chi connectivity index (χ3n) is 2.55. The summed E-state index contributed by atoms with van der Waals surface area (Å²) in [6.45, 7) is 2.19. The van der Waals surface area contributed by atoms with Gasteiger partial charge in [-0.2, -0.15) is 0 Å². The Balaban J connectivity index is 2.53. The predicted molar refractivity (Wildman–Crippen MR) is 67.5 cm³/mol. The third kappa shape index (κ3) is 4.04. The maximum atomic E-state index is 11.4. The molecule has 3 N–H and O–H groups in total. The molecule has 1 amide bonds. The van der Waals surface area contributed by atoms with E-state index < -0.39 is 11.9 Å². The number of pyridine rings is 1. The van der Waals surface area contributed by atoms with Crippen molar-refractivity contribution in [2.75, 3.05) is 18.9 Å². The first-order chi connectivity index (χ1) is 8.54. The number of hydrogen-bond acceptors (Lipinski definition) is 4. The van der Waals surface area contributed by atoms with Crippen molar-refractivity contribution >= 4 is 17.6 Å². The zero-order valence-corrected chi connectivity index (χ0v) is 10.4. The number of hydrogen-bond donors (Lipinski definition) is 3. The van der Waals surface area contributed by atoms with Gasteiger partial charge in [0.25, 0.3) is 5.91 Å². The van der Waals surface area contributed by atoms with Crippen LogP contribution in [-0.4, -0.2) is 35.6 Å². The Morgan fingerprint density at radius 2 is 2.22 bits per heavy atom. The van der Waals surface area contributed by atoms with Gasteiger partial charge < -0.3 is 15.7 Å². The topological polar surface area (TPSA) is 91.3 Å². The first-order valence-electron chi connectivity index (χ1n) is 5.69. The molecule has 1 atom stereocenters. The van der Waals surface area contributed by atoms with Gasteiger partial charge >= 0.3 is 5.97 Å². The monoisotopic (exact) mass is 251 g/mol. The summed E-state index contributed by atoms with van der Waals surface area (Å²) in [6.07, 6.45) is 2.06. The van der Waals surface area contributed by atoms with E-state index in [1.165, 1.54) is 6.20 Å². The number of aliphatic carboxylic acids is 1. The molecule has 0 fully saturated rings. The van der Waals surface area contributed by atoms with Gasteiger partial charge in [0.1, 0.15) is 5.69 Å². The van der Waals surface area contributed by atoms with Crippen molar-refractivity contribution in [3.8, 4) is 0 Å². The minimum Gasteiger partial charge on any atom is -0.481 e. The Bertz CT molecular complexity index is 434. The van der Waals surface area contributed by atoms with Crippen LogP contribution in [0.1, 0.15) is 23.8 Å². The molecule has 0 saturated heterocycles. The summed E-state index contributed by atoms with van der Waals surface area (Å²) in [4.78, 5) is 25.9. The van der Waals surface area contributed by atoms with Crippen LogP contribution in [0.25, 0.3) is 0 Å². The van der Waals surface area contributed by atoms with E-state index >= 15 is 0 Å². The van der Waals surface area contributed by atoms with E-state index in [0.29, 0.717) is 18.7 Å². The van der Waals surface area contributed by atoms with E-state index in [1.807, 2.05) is 0 Å². The Labute approximate surface area is 105 Å². The molecule has 0 aromatic carbocycles. The molecule has 6 heteroatoms. The highest BCUT2D eigenvalue weighted by Gasteiger charge is 2.10. The van der Waals surface area contributed by atoms with Crippen LogP contribution in [0.4, 0.5) is 5.69 Å². The molecule has 1 aromatic rings. The van der Waals surface area contributed by atoms with Crippen molar-refractivity contribution in [1.82, 2.24) is 10.3 Å². The number of aromatic nitrogens is 1.